The SMILES string of the molecule is Cc1ccc([N+](=O)[O-])c(NC(=O)COc2cc(F)ccc2[N+](=O)[O-])c1C. The van der Waals surface area contributed by atoms with E-state index >= 15 is 0 Å². The molecule has 0 spiro atoms. The highest BCUT2D eigenvalue weighted by Gasteiger charge is 2.21. The number of aryl methyl sites for hydroxylation is 1. The predicted molar refractivity (Wildman–Crippen MR) is 89.7 cm³/mol. The summed E-state index contributed by atoms with van der Waals surface area (Å²) in [6.45, 7) is 2.65. The molecule has 0 unspecified atom stereocenters. The molecule has 2 rings (SSSR count). The van der Waals surface area contributed by atoms with E-state index < -0.39 is 39.6 Å². The van der Waals surface area contributed by atoms with Crippen LogP contribution in [0, 0.1) is 39.9 Å². The molecule has 2 aromatic rings. The van der Waals surface area contributed by atoms with Crippen LogP contribution in [-0.2, 0) is 4.79 Å². The van der Waals surface area contributed by atoms with E-state index in [1.165, 1.54) is 6.07 Å². The number of rotatable bonds is 6. The van der Waals surface area contributed by atoms with Gasteiger partial charge in [-0.3, -0.25) is 25.0 Å². The summed E-state index contributed by atoms with van der Waals surface area (Å²) in [5, 5.41) is 24.4. The number of nitro groups is 2. The summed E-state index contributed by atoms with van der Waals surface area (Å²) in [7, 11) is 0. The van der Waals surface area contributed by atoms with Crippen LogP contribution in [0.2, 0.25) is 0 Å². The maximum Gasteiger partial charge on any atom is 0.311 e. The van der Waals surface area contributed by atoms with Gasteiger partial charge in [0.15, 0.2) is 6.61 Å². The van der Waals surface area contributed by atoms with Crippen LogP contribution in [0.15, 0.2) is 30.3 Å². The Bertz CT molecular complexity index is 900. The van der Waals surface area contributed by atoms with Crippen LogP contribution < -0.4 is 10.1 Å². The minimum Gasteiger partial charge on any atom is -0.477 e. The number of carbonyl (C=O) groups is 1. The van der Waals surface area contributed by atoms with Gasteiger partial charge in [-0.2, -0.15) is 0 Å². The number of anilines is 1. The Morgan fingerprint density at radius 1 is 1.12 bits per heavy atom. The van der Waals surface area contributed by atoms with Crippen LogP contribution in [0.25, 0.3) is 0 Å². The van der Waals surface area contributed by atoms with E-state index in [2.05, 4.69) is 5.32 Å². The molecule has 136 valence electrons. The number of benzene rings is 2. The molecule has 0 saturated heterocycles. The first-order valence-corrected chi connectivity index (χ1v) is 7.32. The van der Waals surface area contributed by atoms with Gasteiger partial charge in [-0.25, -0.2) is 4.39 Å². The van der Waals surface area contributed by atoms with Gasteiger partial charge < -0.3 is 10.1 Å². The van der Waals surface area contributed by atoms with E-state index in [9.17, 15) is 29.4 Å². The Kier molecular flexibility index (Phi) is 5.45. The number of nitrogens with one attached hydrogen (secondary N) is 1. The molecule has 1 amide bonds. The normalized spacial score (nSPS) is 10.3. The maximum absolute atomic E-state index is 13.2. The summed E-state index contributed by atoms with van der Waals surface area (Å²) in [5.74, 6) is -1.96. The highest BCUT2D eigenvalue weighted by molar-refractivity contribution is 5.95. The third-order valence-electron chi connectivity index (χ3n) is 3.65. The molecule has 0 aliphatic rings. The number of halogens is 1. The highest BCUT2D eigenvalue weighted by atomic mass is 19.1. The van der Waals surface area contributed by atoms with Gasteiger partial charge in [0, 0.05) is 18.2 Å². The van der Waals surface area contributed by atoms with Crippen molar-refractivity contribution >= 4 is 23.0 Å². The van der Waals surface area contributed by atoms with Gasteiger partial charge >= 0.3 is 5.69 Å². The van der Waals surface area contributed by atoms with Crippen molar-refractivity contribution in [3.8, 4) is 5.75 Å². The van der Waals surface area contributed by atoms with Crippen molar-refractivity contribution in [1.82, 2.24) is 0 Å². The Morgan fingerprint density at radius 3 is 2.35 bits per heavy atom. The highest BCUT2D eigenvalue weighted by Crippen LogP contribution is 2.31. The smallest absolute Gasteiger partial charge is 0.311 e. The fourth-order valence-electron chi connectivity index (χ4n) is 2.18. The fourth-order valence-corrected chi connectivity index (χ4v) is 2.18. The molecule has 26 heavy (non-hydrogen) atoms. The lowest BCUT2D eigenvalue weighted by Crippen LogP contribution is -2.21. The van der Waals surface area contributed by atoms with Crippen LogP contribution >= 0.6 is 0 Å². The lowest BCUT2D eigenvalue weighted by molar-refractivity contribution is -0.385. The van der Waals surface area contributed by atoms with Crippen LogP contribution in [0.1, 0.15) is 11.1 Å². The van der Waals surface area contributed by atoms with Crippen molar-refractivity contribution in [3.05, 3.63) is 67.5 Å². The van der Waals surface area contributed by atoms with Gasteiger partial charge in [-0.1, -0.05) is 6.07 Å². The summed E-state index contributed by atoms with van der Waals surface area (Å²) in [6, 6.07) is 5.40. The van der Waals surface area contributed by atoms with Gasteiger partial charge in [0.25, 0.3) is 11.6 Å². The van der Waals surface area contributed by atoms with Crippen LogP contribution in [0.3, 0.4) is 0 Å². The first-order chi connectivity index (χ1) is 12.2. The minimum atomic E-state index is -0.777. The predicted octanol–water partition coefficient (Wildman–Crippen LogP) is 3.28. The first-order valence-electron chi connectivity index (χ1n) is 7.32. The summed E-state index contributed by atoms with van der Waals surface area (Å²) in [4.78, 5) is 32.7. The van der Waals surface area contributed by atoms with Crippen molar-refractivity contribution in [2.75, 3.05) is 11.9 Å². The number of amides is 1. The molecular formula is C16H14FN3O6. The Morgan fingerprint density at radius 2 is 1.73 bits per heavy atom. The Labute approximate surface area is 146 Å². The second kappa shape index (κ2) is 7.55. The van der Waals surface area contributed by atoms with Crippen molar-refractivity contribution < 1.29 is 23.8 Å². The summed E-state index contributed by atoms with van der Waals surface area (Å²) in [5.41, 5.74) is 0.448. The van der Waals surface area contributed by atoms with Crippen molar-refractivity contribution in [2.45, 2.75) is 13.8 Å². The number of carbonyl (C=O) groups excluding carboxylic acids is 1. The summed E-state index contributed by atoms with van der Waals surface area (Å²) < 4.78 is 18.3. The summed E-state index contributed by atoms with van der Waals surface area (Å²) in [6.07, 6.45) is 0. The van der Waals surface area contributed by atoms with E-state index in [1.54, 1.807) is 19.9 Å². The zero-order valence-corrected chi connectivity index (χ0v) is 13.8. The topological polar surface area (TPSA) is 125 Å². The Hall–Kier alpha value is -3.56. The second-order valence-electron chi connectivity index (χ2n) is 5.36. The largest absolute Gasteiger partial charge is 0.477 e. The van der Waals surface area contributed by atoms with Crippen molar-refractivity contribution in [3.63, 3.8) is 0 Å². The molecule has 2 aromatic carbocycles. The molecule has 1 N–H and O–H groups in total. The number of nitrogens with zero attached hydrogens (tertiary/aromatic N) is 2. The Balaban J connectivity index is 2.19. The average Bonchev–Trinajstić information content (AvgIpc) is 2.56. The number of hydrogen-bond acceptors (Lipinski definition) is 6. The third-order valence-corrected chi connectivity index (χ3v) is 3.65. The molecule has 0 saturated carbocycles. The van der Waals surface area contributed by atoms with Gasteiger partial charge in [0.05, 0.1) is 9.85 Å². The van der Waals surface area contributed by atoms with Crippen LogP contribution in [0.5, 0.6) is 5.75 Å². The third kappa shape index (κ3) is 4.09. The first kappa shape index (κ1) is 18.8. The molecule has 9 nitrogen and oxygen atoms in total. The molecule has 0 radical (unpaired) electrons. The lowest BCUT2D eigenvalue weighted by Gasteiger charge is -2.12. The standard InChI is InChI=1S/C16H14FN3O6/c1-9-3-5-13(20(24)25)16(10(9)2)18-15(21)8-26-14-7-11(17)4-6-12(14)19(22)23/h3-7H,8H2,1-2H3,(H,18,21). The van der Waals surface area contributed by atoms with E-state index in [0.29, 0.717) is 5.56 Å². The van der Waals surface area contributed by atoms with E-state index in [0.717, 1.165) is 23.8 Å². The van der Waals surface area contributed by atoms with Crippen molar-refractivity contribution in [2.24, 2.45) is 0 Å². The van der Waals surface area contributed by atoms with Crippen LogP contribution in [-0.4, -0.2) is 22.4 Å². The fraction of sp³-hybridized carbons (Fsp3) is 0.188. The number of ether oxygens (including phenoxy) is 1. The zero-order valence-electron chi connectivity index (χ0n) is 13.8. The minimum absolute atomic E-state index is 0.0114. The zero-order chi connectivity index (χ0) is 19.4. The molecule has 0 fully saturated rings. The van der Waals surface area contributed by atoms with Gasteiger partial charge in [-0.05, 0) is 31.0 Å². The monoisotopic (exact) mass is 363 g/mol. The van der Waals surface area contributed by atoms with Gasteiger partial charge in [-0.15, -0.1) is 0 Å². The van der Waals surface area contributed by atoms with Crippen LogP contribution in [0.4, 0.5) is 21.5 Å². The average molecular weight is 363 g/mol. The quantitative estimate of drug-likeness (QED) is 0.620. The number of nitro benzene ring substituents is 2. The lowest BCUT2D eigenvalue weighted by atomic mass is 10.1. The second-order valence-corrected chi connectivity index (χ2v) is 5.36. The molecular weight excluding hydrogens is 349 g/mol. The van der Waals surface area contributed by atoms with Crippen molar-refractivity contribution in [1.29, 1.82) is 0 Å². The van der Waals surface area contributed by atoms with E-state index in [-0.39, 0.29) is 11.4 Å². The van der Waals surface area contributed by atoms with E-state index in [4.69, 9.17) is 4.74 Å². The van der Waals surface area contributed by atoms with E-state index in [1.807, 2.05) is 0 Å². The molecule has 10 heteroatoms. The maximum atomic E-state index is 13.2. The van der Waals surface area contributed by atoms with Gasteiger partial charge in [0.1, 0.15) is 11.5 Å². The van der Waals surface area contributed by atoms with Gasteiger partial charge in [0.2, 0.25) is 5.75 Å². The molecule has 0 aliphatic carbocycles. The molecule has 0 aliphatic heterocycles. The molecule has 0 aromatic heterocycles. The number of hydrogen-bond donors (Lipinski definition) is 1. The molecule has 0 bridgehead atoms. The molecule has 0 atom stereocenters. The summed E-state index contributed by atoms with van der Waals surface area (Å²) >= 11 is 0. The molecule has 0 heterocycles.